The fraction of sp³-hybridized carbons (Fsp3) is 0.721. The molecule has 0 fully saturated rings. The van der Waals surface area contributed by atoms with Gasteiger partial charge in [-0.1, -0.05) is 177 Å². The second-order valence-electron chi connectivity index (χ2n) is 13.0. The fourth-order valence-electron chi connectivity index (χ4n) is 5.35. The lowest BCUT2D eigenvalue weighted by molar-refractivity contribution is -0.161. The highest BCUT2D eigenvalue weighted by atomic mass is 16.6. The van der Waals surface area contributed by atoms with Gasteiger partial charge in [0.2, 0.25) is 0 Å². The van der Waals surface area contributed by atoms with Crippen LogP contribution in [0, 0.1) is 0 Å². The third-order valence-corrected chi connectivity index (χ3v) is 8.33. The second kappa shape index (κ2) is 39.0. The van der Waals surface area contributed by atoms with Crippen LogP contribution >= 0.6 is 0 Å². The molecule has 0 aromatic heterocycles. The number of carbonyl (C=O) groups excluding carboxylic acids is 2. The Bertz CT molecular complexity index is 853. The maximum absolute atomic E-state index is 12.2. The molecule has 0 heterocycles. The number of esters is 2. The van der Waals surface area contributed by atoms with Gasteiger partial charge in [-0.05, 0) is 51.4 Å². The molecular weight excluding hydrogens is 596 g/mol. The standard InChI is InChI=1S/C43H74O5/c1-3-5-7-9-11-13-15-17-19-21-23-25-27-29-31-33-35-37-42(45)47-40-41(39-44)48-43(46)38-36-34-32-30-28-26-24-22-20-18-16-14-12-10-8-6-4-2/h5,7,11,13,17,19,23,25,29,31,41,44H,3-4,6,8-10,12,14-16,18,20-22,24,26-28,30,32-40H2,1-2H3/b7-5+,13-11+,19-17+,25-23+,31-29+/t41-/m0/s1. The number of hydrogen-bond acceptors (Lipinski definition) is 5. The highest BCUT2D eigenvalue weighted by molar-refractivity contribution is 5.70. The molecule has 1 atom stereocenters. The molecule has 48 heavy (non-hydrogen) atoms. The molecule has 0 spiro atoms. The summed E-state index contributed by atoms with van der Waals surface area (Å²) in [6.07, 6.45) is 50.0. The van der Waals surface area contributed by atoms with Crippen molar-refractivity contribution in [3.63, 3.8) is 0 Å². The lowest BCUT2D eigenvalue weighted by Crippen LogP contribution is -2.28. The summed E-state index contributed by atoms with van der Waals surface area (Å²) in [6.45, 7) is 3.97. The average Bonchev–Trinajstić information content (AvgIpc) is 3.09. The lowest BCUT2D eigenvalue weighted by Gasteiger charge is -2.15. The van der Waals surface area contributed by atoms with Gasteiger partial charge in [-0.15, -0.1) is 0 Å². The Morgan fingerprint density at radius 2 is 0.896 bits per heavy atom. The van der Waals surface area contributed by atoms with Crippen LogP contribution in [0.2, 0.25) is 0 Å². The number of aliphatic hydroxyl groups is 1. The monoisotopic (exact) mass is 671 g/mol. The minimum atomic E-state index is -0.793. The molecule has 0 aliphatic heterocycles. The maximum Gasteiger partial charge on any atom is 0.306 e. The number of aliphatic hydroxyl groups excluding tert-OH is 1. The van der Waals surface area contributed by atoms with E-state index in [0.717, 1.165) is 57.8 Å². The Hall–Kier alpha value is -2.40. The number of unbranched alkanes of at least 4 members (excludes halogenated alkanes) is 17. The molecule has 0 unspecified atom stereocenters. The molecule has 0 aliphatic carbocycles. The van der Waals surface area contributed by atoms with Gasteiger partial charge in [-0.25, -0.2) is 0 Å². The van der Waals surface area contributed by atoms with E-state index < -0.39 is 6.10 Å². The van der Waals surface area contributed by atoms with E-state index in [0.29, 0.717) is 19.3 Å². The lowest BCUT2D eigenvalue weighted by atomic mass is 10.0. The van der Waals surface area contributed by atoms with Crippen molar-refractivity contribution >= 4 is 11.9 Å². The predicted octanol–water partition coefficient (Wildman–Crippen LogP) is 12.4. The quantitative estimate of drug-likeness (QED) is 0.0413. The normalized spacial score (nSPS) is 12.8. The van der Waals surface area contributed by atoms with Crippen LogP contribution in [0.25, 0.3) is 0 Å². The molecule has 0 saturated carbocycles. The molecule has 276 valence electrons. The zero-order chi connectivity index (χ0) is 35.0. The minimum Gasteiger partial charge on any atom is -0.462 e. The van der Waals surface area contributed by atoms with Crippen molar-refractivity contribution < 1.29 is 24.2 Å². The molecule has 0 aromatic rings. The molecule has 1 N–H and O–H groups in total. The molecular formula is C43H74O5. The molecule has 5 nitrogen and oxygen atoms in total. The third kappa shape index (κ3) is 36.4. The Balaban J connectivity index is 3.64. The molecule has 0 rings (SSSR count). The Morgan fingerprint density at radius 1 is 0.500 bits per heavy atom. The van der Waals surface area contributed by atoms with Crippen LogP contribution in [-0.4, -0.2) is 36.4 Å². The largest absolute Gasteiger partial charge is 0.462 e. The molecule has 5 heteroatoms. The topological polar surface area (TPSA) is 72.8 Å². The fourth-order valence-corrected chi connectivity index (χ4v) is 5.35. The van der Waals surface area contributed by atoms with Crippen molar-refractivity contribution in [1.29, 1.82) is 0 Å². The van der Waals surface area contributed by atoms with Gasteiger partial charge < -0.3 is 14.6 Å². The highest BCUT2D eigenvalue weighted by Gasteiger charge is 2.16. The minimum absolute atomic E-state index is 0.0954. The molecule has 0 radical (unpaired) electrons. The zero-order valence-electron chi connectivity index (χ0n) is 31.2. The Labute approximate surface area is 296 Å². The van der Waals surface area contributed by atoms with E-state index >= 15 is 0 Å². The van der Waals surface area contributed by atoms with Crippen molar-refractivity contribution in [2.75, 3.05) is 13.2 Å². The van der Waals surface area contributed by atoms with Gasteiger partial charge in [0, 0.05) is 12.8 Å². The van der Waals surface area contributed by atoms with Gasteiger partial charge in [0.1, 0.15) is 6.61 Å². The molecule has 0 aromatic carbocycles. The number of hydrogen-bond donors (Lipinski definition) is 1. The number of ether oxygens (including phenoxy) is 2. The van der Waals surface area contributed by atoms with Crippen LogP contribution in [0.15, 0.2) is 60.8 Å². The summed E-state index contributed by atoms with van der Waals surface area (Å²) in [5.74, 6) is -0.658. The summed E-state index contributed by atoms with van der Waals surface area (Å²) < 4.78 is 10.6. The summed E-state index contributed by atoms with van der Waals surface area (Å²) in [5.41, 5.74) is 0. The molecule has 0 bridgehead atoms. The summed E-state index contributed by atoms with van der Waals surface area (Å²) >= 11 is 0. The van der Waals surface area contributed by atoms with Gasteiger partial charge >= 0.3 is 11.9 Å². The van der Waals surface area contributed by atoms with E-state index in [1.54, 1.807) is 0 Å². The van der Waals surface area contributed by atoms with E-state index in [4.69, 9.17) is 9.47 Å². The van der Waals surface area contributed by atoms with E-state index in [1.165, 1.54) is 89.9 Å². The molecule has 0 aliphatic rings. The Morgan fingerprint density at radius 3 is 1.33 bits per heavy atom. The van der Waals surface area contributed by atoms with Crippen molar-refractivity contribution in [3.8, 4) is 0 Å². The van der Waals surface area contributed by atoms with Gasteiger partial charge in [0.05, 0.1) is 6.61 Å². The van der Waals surface area contributed by atoms with Gasteiger partial charge in [-0.3, -0.25) is 9.59 Å². The third-order valence-electron chi connectivity index (χ3n) is 8.33. The summed E-state index contributed by atoms with van der Waals surface area (Å²) in [5, 5.41) is 9.55. The summed E-state index contributed by atoms with van der Waals surface area (Å²) in [6, 6.07) is 0. The maximum atomic E-state index is 12.2. The van der Waals surface area contributed by atoms with Gasteiger partial charge in [0.15, 0.2) is 6.10 Å². The van der Waals surface area contributed by atoms with Crippen molar-refractivity contribution in [1.82, 2.24) is 0 Å². The van der Waals surface area contributed by atoms with E-state index in [9.17, 15) is 14.7 Å². The Kier molecular flexibility index (Phi) is 37.1. The van der Waals surface area contributed by atoms with Gasteiger partial charge in [0.25, 0.3) is 0 Å². The smallest absolute Gasteiger partial charge is 0.306 e. The highest BCUT2D eigenvalue weighted by Crippen LogP contribution is 2.14. The van der Waals surface area contributed by atoms with E-state index in [1.807, 2.05) is 0 Å². The van der Waals surface area contributed by atoms with Gasteiger partial charge in [-0.2, -0.15) is 0 Å². The van der Waals surface area contributed by atoms with Crippen molar-refractivity contribution in [3.05, 3.63) is 60.8 Å². The second-order valence-corrected chi connectivity index (χ2v) is 13.0. The average molecular weight is 671 g/mol. The van der Waals surface area contributed by atoms with Crippen molar-refractivity contribution in [2.24, 2.45) is 0 Å². The van der Waals surface area contributed by atoms with Crippen LogP contribution in [0.5, 0.6) is 0 Å². The van der Waals surface area contributed by atoms with Crippen LogP contribution < -0.4 is 0 Å². The first-order valence-corrected chi connectivity index (χ1v) is 19.8. The first-order valence-electron chi connectivity index (χ1n) is 19.8. The van der Waals surface area contributed by atoms with Crippen LogP contribution in [0.1, 0.15) is 181 Å². The SMILES string of the molecule is CC/C=C/C/C=C/C/C=C/C/C=C/C/C=C/CCCC(=O)OC[C@H](CO)OC(=O)CCCCCCCCCCCCCCCCCCC. The van der Waals surface area contributed by atoms with E-state index in [2.05, 4.69) is 74.6 Å². The number of carbonyl (C=O) groups is 2. The number of rotatable bonds is 35. The number of allylic oxidation sites excluding steroid dienone is 10. The van der Waals surface area contributed by atoms with Crippen LogP contribution in [0.4, 0.5) is 0 Å². The first-order chi connectivity index (χ1) is 23.6. The summed E-state index contributed by atoms with van der Waals surface area (Å²) in [4.78, 5) is 24.2. The predicted molar refractivity (Wildman–Crippen MR) is 205 cm³/mol. The van der Waals surface area contributed by atoms with Crippen LogP contribution in [0.3, 0.4) is 0 Å². The molecule has 0 amide bonds. The van der Waals surface area contributed by atoms with Crippen LogP contribution in [-0.2, 0) is 19.1 Å². The van der Waals surface area contributed by atoms with E-state index in [-0.39, 0.29) is 25.2 Å². The summed E-state index contributed by atoms with van der Waals surface area (Å²) in [7, 11) is 0. The molecule has 0 saturated heterocycles. The van der Waals surface area contributed by atoms with Crippen molar-refractivity contribution in [2.45, 2.75) is 187 Å². The first kappa shape index (κ1) is 45.6. The zero-order valence-corrected chi connectivity index (χ0v) is 31.2.